The smallest absolute Gasteiger partial charge is 0.125 e. The number of likely N-dealkylation sites (tertiary alicyclic amines) is 1. The standard InChI is InChI=1S/C16H22FN3/c1-19-7-5-16(11-18,6-8-19)14-10-20(2)15-9-12(17)3-4-13(14)15/h3-4,9-10H,5-8,11,18H2,1-2H3. The zero-order valence-electron chi connectivity index (χ0n) is 12.2. The Balaban J connectivity index is 2.13. The van der Waals surface area contributed by atoms with Crippen molar-refractivity contribution < 1.29 is 4.39 Å². The van der Waals surface area contributed by atoms with Gasteiger partial charge in [-0.3, -0.25) is 0 Å². The Morgan fingerprint density at radius 2 is 1.95 bits per heavy atom. The highest BCUT2D eigenvalue weighted by molar-refractivity contribution is 5.85. The maximum absolute atomic E-state index is 13.5. The van der Waals surface area contributed by atoms with Crippen molar-refractivity contribution in [1.29, 1.82) is 0 Å². The zero-order chi connectivity index (χ0) is 14.3. The second-order valence-electron chi connectivity index (χ2n) is 6.10. The van der Waals surface area contributed by atoms with Gasteiger partial charge in [0.2, 0.25) is 0 Å². The van der Waals surface area contributed by atoms with Gasteiger partial charge in [0.05, 0.1) is 5.52 Å². The van der Waals surface area contributed by atoms with Gasteiger partial charge >= 0.3 is 0 Å². The predicted octanol–water partition coefficient (Wildman–Crippen LogP) is 2.24. The van der Waals surface area contributed by atoms with Crippen LogP contribution in [-0.4, -0.2) is 36.1 Å². The van der Waals surface area contributed by atoms with E-state index in [2.05, 4.69) is 18.1 Å². The van der Waals surface area contributed by atoms with E-state index in [1.165, 1.54) is 5.56 Å². The van der Waals surface area contributed by atoms with Crippen molar-refractivity contribution >= 4 is 10.9 Å². The SMILES string of the molecule is CN1CCC(CN)(c2cn(C)c3cc(F)ccc23)CC1. The van der Waals surface area contributed by atoms with E-state index in [4.69, 9.17) is 5.73 Å². The number of fused-ring (bicyclic) bond motifs is 1. The van der Waals surface area contributed by atoms with Crippen LogP contribution in [0.25, 0.3) is 10.9 Å². The maximum Gasteiger partial charge on any atom is 0.125 e. The van der Waals surface area contributed by atoms with E-state index >= 15 is 0 Å². The largest absolute Gasteiger partial charge is 0.350 e. The first-order valence-corrected chi connectivity index (χ1v) is 7.19. The number of hydrogen-bond donors (Lipinski definition) is 1. The van der Waals surface area contributed by atoms with Crippen LogP contribution < -0.4 is 5.73 Å². The first-order chi connectivity index (χ1) is 9.55. The summed E-state index contributed by atoms with van der Waals surface area (Å²) in [6.07, 6.45) is 4.27. The second kappa shape index (κ2) is 4.86. The molecule has 1 fully saturated rings. The number of hydrogen-bond acceptors (Lipinski definition) is 2. The molecule has 1 aliphatic rings. The summed E-state index contributed by atoms with van der Waals surface area (Å²) in [6.45, 7) is 2.78. The minimum Gasteiger partial charge on any atom is -0.350 e. The number of piperidine rings is 1. The molecule has 4 heteroatoms. The van der Waals surface area contributed by atoms with Crippen LogP contribution in [0.5, 0.6) is 0 Å². The molecule has 108 valence electrons. The number of aromatic nitrogens is 1. The summed E-state index contributed by atoms with van der Waals surface area (Å²) in [6, 6.07) is 5.05. The lowest BCUT2D eigenvalue weighted by Gasteiger charge is -2.40. The van der Waals surface area contributed by atoms with Gasteiger partial charge in [0.1, 0.15) is 5.82 Å². The Morgan fingerprint density at radius 1 is 1.25 bits per heavy atom. The van der Waals surface area contributed by atoms with Crippen molar-refractivity contribution in [3.8, 4) is 0 Å². The van der Waals surface area contributed by atoms with E-state index in [1.807, 2.05) is 17.7 Å². The molecule has 3 rings (SSSR count). The number of aryl methyl sites for hydroxylation is 1. The van der Waals surface area contributed by atoms with Crippen molar-refractivity contribution in [2.75, 3.05) is 26.7 Å². The Kier molecular flexibility index (Phi) is 3.30. The minimum atomic E-state index is -0.185. The van der Waals surface area contributed by atoms with E-state index in [0.717, 1.165) is 36.8 Å². The molecule has 2 heterocycles. The van der Waals surface area contributed by atoms with Crippen molar-refractivity contribution in [1.82, 2.24) is 9.47 Å². The zero-order valence-corrected chi connectivity index (χ0v) is 12.2. The van der Waals surface area contributed by atoms with E-state index in [0.29, 0.717) is 6.54 Å². The van der Waals surface area contributed by atoms with Gasteiger partial charge in [0.15, 0.2) is 0 Å². The van der Waals surface area contributed by atoms with E-state index in [-0.39, 0.29) is 11.2 Å². The number of nitrogens with zero attached hydrogens (tertiary/aromatic N) is 2. The number of nitrogens with two attached hydrogens (primary N) is 1. The molecule has 2 aromatic rings. The van der Waals surface area contributed by atoms with E-state index in [9.17, 15) is 4.39 Å². The molecule has 0 radical (unpaired) electrons. The fraction of sp³-hybridized carbons (Fsp3) is 0.500. The lowest BCUT2D eigenvalue weighted by Crippen LogP contribution is -2.45. The van der Waals surface area contributed by atoms with Crippen LogP contribution in [0, 0.1) is 5.82 Å². The minimum absolute atomic E-state index is 0.0316. The topological polar surface area (TPSA) is 34.2 Å². The number of rotatable bonds is 2. The summed E-state index contributed by atoms with van der Waals surface area (Å²) in [7, 11) is 4.13. The van der Waals surface area contributed by atoms with Gasteiger partial charge in [-0.1, -0.05) is 0 Å². The molecular formula is C16H22FN3. The molecule has 0 atom stereocenters. The first kappa shape index (κ1) is 13.6. The Bertz CT molecular complexity index is 624. The predicted molar refractivity (Wildman–Crippen MR) is 80.3 cm³/mol. The third-order valence-electron chi connectivity index (χ3n) is 4.86. The van der Waals surface area contributed by atoms with Crippen LogP contribution in [0.4, 0.5) is 4.39 Å². The molecule has 1 saturated heterocycles. The van der Waals surface area contributed by atoms with E-state index in [1.54, 1.807) is 12.1 Å². The van der Waals surface area contributed by atoms with Crippen molar-refractivity contribution in [2.24, 2.45) is 12.8 Å². The van der Waals surface area contributed by atoms with Gasteiger partial charge < -0.3 is 15.2 Å². The van der Waals surface area contributed by atoms with Crippen LogP contribution in [0.2, 0.25) is 0 Å². The first-order valence-electron chi connectivity index (χ1n) is 7.19. The summed E-state index contributed by atoms with van der Waals surface area (Å²) in [4.78, 5) is 2.35. The van der Waals surface area contributed by atoms with Crippen molar-refractivity contribution in [2.45, 2.75) is 18.3 Å². The van der Waals surface area contributed by atoms with Gasteiger partial charge in [0.25, 0.3) is 0 Å². The Morgan fingerprint density at radius 3 is 2.60 bits per heavy atom. The third-order valence-corrected chi connectivity index (χ3v) is 4.86. The average molecular weight is 275 g/mol. The highest BCUT2D eigenvalue weighted by Crippen LogP contribution is 2.39. The monoisotopic (exact) mass is 275 g/mol. The van der Waals surface area contributed by atoms with Gasteiger partial charge in [-0.05, 0) is 56.7 Å². The van der Waals surface area contributed by atoms with Crippen LogP contribution in [-0.2, 0) is 12.5 Å². The second-order valence-corrected chi connectivity index (χ2v) is 6.10. The highest BCUT2D eigenvalue weighted by atomic mass is 19.1. The molecule has 2 N–H and O–H groups in total. The molecule has 0 saturated carbocycles. The normalized spacial score (nSPS) is 19.6. The molecule has 1 aliphatic heterocycles. The van der Waals surface area contributed by atoms with Gasteiger partial charge in [-0.15, -0.1) is 0 Å². The number of halogens is 1. The fourth-order valence-electron chi connectivity index (χ4n) is 3.41. The molecular weight excluding hydrogens is 253 g/mol. The molecule has 0 aliphatic carbocycles. The van der Waals surface area contributed by atoms with Gasteiger partial charge in [0, 0.05) is 30.6 Å². The maximum atomic E-state index is 13.5. The molecule has 3 nitrogen and oxygen atoms in total. The number of benzene rings is 1. The van der Waals surface area contributed by atoms with Gasteiger partial charge in [-0.25, -0.2) is 4.39 Å². The Hall–Kier alpha value is -1.39. The van der Waals surface area contributed by atoms with E-state index < -0.39 is 0 Å². The van der Waals surface area contributed by atoms with Crippen LogP contribution in [0.1, 0.15) is 18.4 Å². The molecule has 20 heavy (non-hydrogen) atoms. The summed E-state index contributed by atoms with van der Waals surface area (Å²) in [5.41, 5.74) is 8.41. The summed E-state index contributed by atoms with van der Waals surface area (Å²) in [5, 5.41) is 1.14. The van der Waals surface area contributed by atoms with Gasteiger partial charge in [-0.2, -0.15) is 0 Å². The highest BCUT2D eigenvalue weighted by Gasteiger charge is 2.36. The quantitative estimate of drug-likeness (QED) is 0.912. The van der Waals surface area contributed by atoms with Crippen LogP contribution in [0.3, 0.4) is 0 Å². The van der Waals surface area contributed by atoms with Crippen molar-refractivity contribution in [3.05, 3.63) is 35.8 Å². The molecule has 0 bridgehead atoms. The lowest BCUT2D eigenvalue weighted by molar-refractivity contribution is 0.192. The van der Waals surface area contributed by atoms with Crippen molar-refractivity contribution in [3.63, 3.8) is 0 Å². The molecule has 1 aromatic heterocycles. The Labute approximate surface area is 119 Å². The summed E-state index contributed by atoms with van der Waals surface area (Å²) in [5.74, 6) is -0.185. The summed E-state index contributed by atoms with van der Waals surface area (Å²) < 4.78 is 15.5. The molecule has 0 amide bonds. The fourth-order valence-corrected chi connectivity index (χ4v) is 3.41. The lowest BCUT2D eigenvalue weighted by atomic mass is 9.73. The molecule has 0 unspecified atom stereocenters. The third kappa shape index (κ3) is 2.03. The summed E-state index contributed by atoms with van der Waals surface area (Å²) >= 11 is 0. The van der Waals surface area contributed by atoms with Crippen LogP contribution in [0.15, 0.2) is 24.4 Å². The van der Waals surface area contributed by atoms with Crippen LogP contribution >= 0.6 is 0 Å². The average Bonchev–Trinajstić information content (AvgIpc) is 2.78. The molecule has 1 aromatic carbocycles. The molecule has 0 spiro atoms.